The Hall–Kier alpha value is -5.01. The van der Waals surface area contributed by atoms with Gasteiger partial charge in [0.1, 0.15) is 12.1 Å². The maximum Gasteiger partial charge on any atom is 0.407 e. The van der Waals surface area contributed by atoms with Crippen molar-refractivity contribution in [2.75, 3.05) is 20.8 Å². The van der Waals surface area contributed by atoms with Crippen molar-refractivity contribution in [3.63, 3.8) is 0 Å². The zero-order valence-corrected chi connectivity index (χ0v) is 30.7. The standard InChI is InChI=1S/C38H52N6O7/c1-37(2,3)31(41-35(48)50-7)33(46)40-29(22-25-14-10-9-11-15-25)30(45)24-44(43-34(47)32(38(4,5)6)42-36(49)51-8)23-26-17-19-27(20-18-26)28-16-12-13-21-39-28/h9-21,29-32,45H,22-24H2,1-8H3,(H,40,46)(H,41,48)(H,42,49)(H,43,47)/t29-,30+,31-,32-/m0/s1. The molecule has 1 heterocycles. The molecule has 2 aromatic carbocycles. The summed E-state index contributed by atoms with van der Waals surface area (Å²) < 4.78 is 9.54. The number of carbonyl (C=O) groups is 4. The van der Waals surface area contributed by atoms with Gasteiger partial charge in [-0.25, -0.2) is 14.6 Å². The van der Waals surface area contributed by atoms with E-state index in [1.807, 2.05) is 93.6 Å². The number of benzene rings is 2. The van der Waals surface area contributed by atoms with Crippen LogP contribution in [0.1, 0.15) is 52.7 Å². The molecule has 51 heavy (non-hydrogen) atoms. The van der Waals surface area contributed by atoms with Crippen LogP contribution in [0.5, 0.6) is 0 Å². The third-order valence-corrected chi connectivity index (χ3v) is 8.21. The van der Waals surface area contributed by atoms with E-state index < -0.39 is 59.1 Å². The number of hydrogen-bond donors (Lipinski definition) is 5. The summed E-state index contributed by atoms with van der Waals surface area (Å²) in [5.41, 5.74) is 4.88. The number of pyridine rings is 1. The molecule has 0 radical (unpaired) electrons. The molecule has 1 aromatic heterocycles. The lowest BCUT2D eigenvalue weighted by atomic mass is 9.85. The molecule has 3 rings (SSSR count). The lowest BCUT2D eigenvalue weighted by Crippen LogP contribution is -2.60. The molecule has 5 N–H and O–H groups in total. The van der Waals surface area contributed by atoms with Gasteiger partial charge in [0, 0.05) is 24.8 Å². The van der Waals surface area contributed by atoms with Gasteiger partial charge in [-0.1, -0.05) is 102 Å². The highest BCUT2D eigenvalue weighted by Crippen LogP contribution is 2.23. The highest BCUT2D eigenvalue weighted by molar-refractivity contribution is 5.87. The normalized spacial score (nSPS) is 14.0. The van der Waals surface area contributed by atoms with Crippen LogP contribution in [-0.4, -0.2) is 84.1 Å². The zero-order valence-electron chi connectivity index (χ0n) is 30.7. The number of nitrogens with one attached hydrogen (secondary N) is 4. The van der Waals surface area contributed by atoms with Gasteiger partial charge in [-0.2, -0.15) is 0 Å². The first kappa shape index (κ1) is 40.4. The number of aliphatic hydroxyl groups is 1. The second kappa shape index (κ2) is 18.3. The quantitative estimate of drug-likeness (QED) is 0.154. The molecule has 0 aliphatic rings. The number of hydrogen-bond acceptors (Lipinski definition) is 9. The Bertz CT molecular complexity index is 1570. The van der Waals surface area contributed by atoms with Crippen LogP contribution in [0.15, 0.2) is 79.0 Å². The lowest BCUT2D eigenvalue weighted by Gasteiger charge is -2.35. The third-order valence-electron chi connectivity index (χ3n) is 8.21. The van der Waals surface area contributed by atoms with E-state index in [2.05, 4.69) is 26.4 Å². The Morgan fingerprint density at radius 3 is 1.78 bits per heavy atom. The Balaban J connectivity index is 1.96. The number of ether oxygens (including phenoxy) is 2. The minimum absolute atomic E-state index is 0.120. The highest BCUT2D eigenvalue weighted by atomic mass is 16.5. The molecule has 0 fully saturated rings. The molecule has 0 saturated carbocycles. The number of hydrazine groups is 1. The number of aliphatic hydroxyl groups excluding tert-OH is 1. The molecular weight excluding hydrogens is 652 g/mol. The van der Waals surface area contributed by atoms with Gasteiger partial charge in [0.25, 0.3) is 5.91 Å². The fourth-order valence-electron chi connectivity index (χ4n) is 5.38. The molecule has 13 nitrogen and oxygen atoms in total. The molecule has 4 amide bonds. The van der Waals surface area contributed by atoms with E-state index in [4.69, 9.17) is 9.47 Å². The fourth-order valence-corrected chi connectivity index (χ4v) is 5.38. The smallest absolute Gasteiger partial charge is 0.407 e. The molecule has 0 aliphatic carbocycles. The monoisotopic (exact) mass is 704 g/mol. The summed E-state index contributed by atoms with van der Waals surface area (Å²) >= 11 is 0. The van der Waals surface area contributed by atoms with Crippen molar-refractivity contribution in [2.24, 2.45) is 10.8 Å². The fraction of sp³-hybridized carbons (Fsp3) is 0.447. The largest absolute Gasteiger partial charge is 0.453 e. The van der Waals surface area contributed by atoms with Crippen molar-refractivity contribution in [3.8, 4) is 11.3 Å². The number of carbonyl (C=O) groups excluding carboxylic acids is 4. The van der Waals surface area contributed by atoms with Crippen LogP contribution in [0.3, 0.4) is 0 Å². The second-order valence-electron chi connectivity index (χ2n) is 14.5. The third kappa shape index (κ3) is 12.7. The summed E-state index contributed by atoms with van der Waals surface area (Å²) in [5, 5.41) is 21.6. The molecule has 0 unspecified atom stereocenters. The van der Waals surface area contributed by atoms with Crippen LogP contribution < -0.4 is 21.4 Å². The van der Waals surface area contributed by atoms with E-state index in [0.717, 1.165) is 22.4 Å². The molecule has 276 valence electrons. The summed E-state index contributed by atoms with van der Waals surface area (Å²) in [4.78, 5) is 56.3. The van der Waals surface area contributed by atoms with Crippen molar-refractivity contribution in [2.45, 2.75) is 78.7 Å². The van der Waals surface area contributed by atoms with Gasteiger partial charge in [-0.3, -0.25) is 20.0 Å². The van der Waals surface area contributed by atoms with Crippen LogP contribution in [0.25, 0.3) is 11.3 Å². The lowest BCUT2D eigenvalue weighted by molar-refractivity contribution is -0.132. The average Bonchev–Trinajstić information content (AvgIpc) is 3.08. The average molecular weight is 705 g/mol. The maximum atomic E-state index is 13.8. The molecule has 0 saturated heterocycles. The predicted molar refractivity (Wildman–Crippen MR) is 194 cm³/mol. The number of aromatic nitrogens is 1. The van der Waals surface area contributed by atoms with E-state index in [-0.39, 0.29) is 19.5 Å². The summed E-state index contributed by atoms with van der Waals surface area (Å²) in [5.74, 6) is -1.03. The molecule has 0 aliphatic heterocycles. The summed E-state index contributed by atoms with van der Waals surface area (Å²) in [6, 6.07) is 19.8. The molecular formula is C38H52N6O7. The van der Waals surface area contributed by atoms with E-state index in [9.17, 15) is 24.3 Å². The molecule has 0 bridgehead atoms. The first-order chi connectivity index (χ1) is 24.0. The topological polar surface area (TPSA) is 171 Å². The SMILES string of the molecule is COC(=O)N[C@@H](C(=O)N[C@@H](Cc1ccccc1)[C@H](O)CN(Cc1ccc(-c2ccccn2)cc1)NC(=O)[C@H](NC(=O)OC)C(C)(C)C)C(C)(C)C. The molecule has 0 spiro atoms. The number of nitrogens with zero attached hydrogens (tertiary/aromatic N) is 2. The van der Waals surface area contributed by atoms with E-state index in [0.29, 0.717) is 0 Å². The van der Waals surface area contributed by atoms with Crippen LogP contribution in [-0.2, 0) is 32.0 Å². The number of methoxy groups -OCH3 is 2. The Labute approximate surface area is 300 Å². The van der Waals surface area contributed by atoms with E-state index in [1.165, 1.54) is 14.2 Å². The molecule has 13 heteroatoms. The first-order valence-electron chi connectivity index (χ1n) is 16.8. The van der Waals surface area contributed by atoms with E-state index >= 15 is 0 Å². The van der Waals surface area contributed by atoms with Crippen molar-refractivity contribution in [1.82, 2.24) is 31.4 Å². The number of amides is 4. The van der Waals surface area contributed by atoms with Crippen LogP contribution >= 0.6 is 0 Å². The van der Waals surface area contributed by atoms with Crippen molar-refractivity contribution in [3.05, 3.63) is 90.1 Å². The van der Waals surface area contributed by atoms with Crippen LogP contribution in [0, 0.1) is 10.8 Å². The first-order valence-corrected chi connectivity index (χ1v) is 16.8. The van der Waals surface area contributed by atoms with Gasteiger partial charge >= 0.3 is 12.2 Å². The van der Waals surface area contributed by atoms with Gasteiger partial charge < -0.3 is 30.5 Å². The van der Waals surface area contributed by atoms with Crippen molar-refractivity contribution < 1.29 is 33.8 Å². The Kier molecular flexibility index (Phi) is 14.5. The van der Waals surface area contributed by atoms with Crippen molar-refractivity contribution >= 4 is 24.0 Å². The summed E-state index contributed by atoms with van der Waals surface area (Å²) in [7, 11) is 2.44. The Morgan fingerprint density at radius 2 is 1.27 bits per heavy atom. The molecule has 4 atom stereocenters. The zero-order chi connectivity index (χ0) is 37.8. The van der Waals surface area contributed by atoms with Gasteiger partial charge in [-0.15, -0.1) is 0 Å². The Morgan fingerprint density at radius 1 is 0.725 bits per heavy atom. The summed E-state index contributed by atoms with van der Waals surface area (Å²) in [6.45, 7) is 10.9. The van der Waals surface area contributed by atoms with Gasteiger partial charge in [0.05, 0.1) is 32.1 Å². The summed E-state index contributed by atoms with van der Waals surface area (Å²) in [6.07, 6.45) is -0.778. The maximum absolute atomic E-state index is 13.8. The second-order valence-corrected chi connectivity index (χ2v) is 14.5. The number of rotatable bonds is 14. The predicted octanol–water partition coefficient (Wildman–Crippen LogP) is 4.21. The minimum atomic E-state index is -1.22. The van der Waals surface area contributed by atoms with Crippen LogP contribution in [0.2, 0.25) is 0 Å². The van der Waals surface area contributed by atoms with Crippen LogP contribution in [0.4, 0.5) is 9.59 Å². The van der Waals surface area contributed by atoms with Gasteiger partial charge in [0.15, 0.2) is 0 Å². The minimum Gasteiger partial charge on any atom is -0.453 e. The van der Waals surface area contributed by atoms with Gasteiger partial charge in [0.2, 0.25) is 5.91 Å². The van der Waals surface area contributed by atoms with Gasteiger partial charge in [-0.05, 0) is 40.5 Å². The molecule has 3 aromatic rings. The van der Waals surface area contributed by atoms with E-state index in [1.54, 1.807) is 32.0 Å². The van der Waals surface area contributed by atoms with Crippen molar-refractivity contribution in [1.29, 1.82) is 0 Å². The number of alkyl carbamates (subject to hydrolysis) is 2. The highest BCUT2D eigenvalue weighted by Gasteiger charge is 2.37.